The number of ether oxygens (including phenoxy) is 2. The fraction of sp³-hybridized carbons (Fsp3) is 0.756. The van der Waals surface area contributed by atoms with E-state index in [0.717, 1.165) is 64.2 Å². The van der Waals surface area contributed by atoms with Gasteiger partial charge < -0.3 is 20.1 Å². The summed E-state index contributed by atoms with van der Waals surface area (Å²) < 4.78 is 33.4. The molecule has 0 bridgehead atoms. The number of rotatable bonds is 41. The van der Waals surface area contributed by atoms with Crippen LogP contribution in [0, 0.1) is 0 Å². The predicted molar refractivity (Wildman–Crippen MR) is 229 cm³/mol. The molecule has 2 unspecified atom stereocenters. The molecule has 0 aromatic carbocycles. The SMILES string of the molecule is CC/C=C\C/C=C\C/C=C\CCCCCCCCCC(=O)OC(COCCCCCCCCCC/C=C\C/C=C\CCCCC)COP(=O)(O)OCCN. The van der Waals surface area contributed by atoms with Crippen molar-refractivity contribution in [2.75, 3.05) is 33.0 Å². The van der Waals surface area contributed by atoms with E-state index in [1.54, 1.807) is 0 Å². The number of hydrogen-bond acceptors (Lipinski definition) is 7. The van der Waals surface area contributed by atoms with Gasteiger partial charge in [0, 0.05) is 19.6 Å². The lowest BCUT2D eigenvalue weighted by Crippen LogP contribution is -2.28. The zero-order chi connectivity index (χ0) is 39.5. The summed E-state index contributed by atoms with van der Waals surface area (Å²) in [5.41, 5.74) is 5.37. The fourth-order valence-corrected chi connectivity index (χ4v) is 6.51. The highest BCUT2D eigenvalue weighted by Gasteiger charge is 2.25. The molecule has 2 atom stereocenters. The summed E-state index contributed by atoms with van der Waals surface area (Å²) in [6, 6.07) is 0. The third-order valence-electron chi connectivity index (χ3n) is 8.92. The highest BCUT2D eigenvalue weighted by molar-refractivity contribution is 7.47. The molecule has 54 heavy (non-hydrogen) atoms. The Balaban J connectivity index is 4.06. The van der Waals surface area contributed by atoms with Gasteiger partial charge in [0.1, 0.15) is 6.10 Å². The molecule has 0 rings (SSSR count). The van der Waals surface area contributed by atoms with Crippen LogP contribution in [-0.2, 0) is 27.9 Å². The van der Waals surface area contributed by atoms with E-state index >= 15 is 0 Å². The van der Waals surface area contributed by atoms with Gasteiger partial charge >= 0.3 is 13.8 Å². The van der Waals surface area contributed by atoms with Crippen molar-refractivity contribution < 1.29 is 32.8 Å². The third kappa shape index (κ3) is 41.4. The van der Waals surface area contributed by atoms with Gasteiger partial charge in [0.15, 0.2) is 0 Å². The van der Waals surface area contributed by atoms with Gasteiger partial charge in [-0.1, -0.05) is 158 Å². The van der Waals surface area contributed by atoms with Crippen molar-refractivity contribution in [3.05, 3.63) is 60.8 Å². The van der Waals surface area contributed by atoms with E-state index in [-0.39, 0.29) is 32.3 Å². The van der Waals surface area contributed by atoms with Crippen LogP contribution in [0.25, 0.3) is 0 Å². The van der Waals surface area contributed by atoms with Gasteiger partial charge in [0.2, 0.25) is 0 Å². The van der Waals surface area contributed by atoms with Gasteiger partial charge in [-0.2, -0.15) is 0 Å². The number of unbranched alkanes of at least 4 members (excludes halogenated alkanes) is 18. The van der Waals surface area contributed by atoms with Crippen LogP contribution in [0.15, 0.2) is 60.8 Å². The molecule has 0 aromatic heterocycles. The van der Waals surface area contributed by atoms with Crippen LogP contribution < -0.4 is 5.73 Å². The second-order valence-corrected chi connectivity index (χ2v) is 15.6. The Morgan fingerprint density at radius 2 is 1.04 bits per heavy atom. The molecule has 0 aliphatic heterocycles. The van der Waals surface area contributed by atoms with E-state index in [0.29, 0.717) is 13.0 Å². The molecule has 0 fully saturated rings. The Labute approximate surface area is 332 Å². The molecule has 314 valence electrons. The Morgan fingerprint density at radius 3 is 1.56 bits per heavy atom. The maximum Gasteiger partial charge on any atom is 0.472 e. The molecule has 0 saturated heterocycles. The minimum Gasteiger partial charge on any atom is -0.457 e. The second kappa shape index (κ2) is 42.3. The standard InChI is InChI=1S/C45H82NO7P/c1-3-5-7-9-11-13-15-17-19-21-23-25-27-29-31-33-35-37-40-50-42-44(43-52-54(48,49)51-41-39-46)53-45(47)38-36-34-32-30-28-26-24-22-20-18-16-14-12-10-8-6-4-2/h6,8,11-14,17-20,44H,3-5,7,9-10,15-16,21-43,46H2,1-2H3,(H,48,49)/b8-6-,13-11-,14-12-,19-17-,20-18-. The first-order chi connectivity index (χ1) is 26.4. The molecule has 0 saturated carbocycles. The zero-order valence-corrected chi connectivity index (χ0v) is 35.6. The zero-order valence-electron chi connectivity index (χ0n) is 34.7. The van der Waals surface area contributed by atoms with Crippen LogP contribution in [-0.4, -0.2) is 49.9 Å². The van der Waals surface area contributed by atoms with Crippen molar-refractivity contribution in [1.82, 2.24) is 0 Å². The number of phosphoric acid groups is 1. The van der Waals surface area contributed by atoms with E-state index in [2.05, 4.69) is 74.6 Å². The number of esters is 1. The van der Waals surface area contributed by atoms with Crippen LogP contribution in [0.4, 0.5) is 0 Å². The van der Waals surface area contributed by atoms with E-state index in [9.17, 15) is 14.3 Å². The summed E-state index contributed by atoms with van der Waals surface area (Å²) in [6.45, 7) is 4.76. The number of carbonyl (C=O) groups is 1. The number of allylic oxidation sites excluding steroid dienone is 10. The van der Waals surface area contributed by atoms with E-state index in [1.807, 2.05) is 0 Å². The van der Waals surface area contributed by atoms with Crippen molar-refractivity contribution in [2.45, 2.75) is 187 Å². The Hall–Kier alpha value is -1.80. The summed E-state index contributed by atoms with van der Waals surface area (Å²) in [6.07, 6.45) is 50.9. The average Bonchev–Trinajstić information content (AvgIpc) is 3.16. The molecule has 0 aliphatic rings. The quantitative estimate of drug-likeness (QED) is 0.0273. The van der Waals surface area contributed by atoms with Crippen LogP contribution in [0.5, 0.6) is 0 Å². The van der Waals surface area contributed by atoms with Gasteiger partial charge in [-0.3, -0.25) is 13.8 Å². The largest absolute Gasteiger partial charge is 0.472 e. The predicted octanol–water partition coefficient (Wildman–Crippen LogP) is 13.0. The number of hydrogen-bond donors (Lipinski definition) is 2. The van der Waals surface area contributed by atoms with E-state index < -0.39 is 13.9 Å². The van der Waals surface area contributed by atoms with Crippen molar-refractivity contribution >= 4 is 13.8 Å². The number of phosphoric ester groups is 1. The lowest BCUT2D eigenvalue weighted by atomic mass is 10.1. The van der Waals surface area contributed by atoms with Crippen molar-refractivity contribution in [2.24, 2.45) is 5.73 Å². The molecule has 9 heteroatoms. The molecule has 0 aliphatic carbocycles. The molecule has 0 heterocycles. The van der Waals surface area contributed by atoms with Gasteiger partial charge in [-0.05, 0) is 77.0 Å². The molecular formula is C45H82NO7P. The monoisotopic (exact) mass is 780 g/mol. The molecule has 0 amide bonds. The maximum atomic E-state index is 12.6. The molecule has 0 spiro atoms. The van der Waals surface area contributed by atoms with Crippen molar-refractivity contribution in [3.8, 4) is 0 Å². The van der Waals surface area contributed by atoms with Crippen molar-refractivity contribution in [3.63, 3.8) is 0 Å². The van der Waals surface area contributed by atoms with Crippen molar-refractivity contribution in [1.29, 1.82) is 0 Å². The van der Waals surface area contributed by atoms with E-state index in [1.165, 1.54) is 96.3 Å². The van der Waals surface area contributed by atoms with Crippen LogP contribution in [0.2, 0.25) is 0 Å². The first-order valence-corrected chi connectivity index (χ1v) is 23.3. The number of nitrogens with two attached hydrogens (primary N) is 1. The Morgan fingerprint density at radius 1 is 0.574 bits per heavy atom. The van der Waals surface area contributed by atoms with Gasteiger partial charge in [0.05, 0.1) is 19.8 Å². The normalized spacial score (nSPS) is 14.1. The first-order valence-electron chi connectivity index (χ1n) is 21.8. The highest BCUT2D eigenvalue weighted by Crippen LogP contribution is 2.43. The lowest BCUT2D eigenvalue weighted by molar-refractivity contribution is -0.154. The highest BCUT2D eigenvalue weighted by atomic mass is 31.2. The molecular weight excluding hydrogens is 697 g/mol. The molecule has 3 N–H and O–H groups in total. The molecule has 0 radical (unpaired) electrons. The minimum absolute atomic E-state index is 0.0950. The smallest absolute Gasteiger partial charge is 0.457 e. The molecule has 8 nitrogen and oxygen atoms in total. The summed E-state index contributed by atoms with van der Waals surface area (Å²) >= 11 is 0. The van der Waals surface area contributed by atoms with Crippen LogP contribution >= 0.6 is 7.82 Å². The van der Waals surface area contributed by atoms with Crippen LogP contribution in [0.1, 0.15) is 181 Å². The Bertz CT molecular complexity index is 1010. The Kier molecular flexibility index (Phi) is 40.9. The lowest BCUT2D eigenvalue weighted by Gasteiger charge is -2.20. The number of carbonyl (C=O) groups excluding carboxylic acids is 1. The van der Waals surface area contributed by atoms with E-state index in [4.69, 9.17) is 24.3 Å². The summed E-state index contributed by atoms with van der Waals surface area (Å²) in [5.74, 6) is -0.344. The van der Waals surface area contributed by atoms with Gasteiger partial charge in [-0.15, -0.1) is 0 Å². The summed E-state index contributed by atoms with van der Waals surface area (Å²) in [7, 11) is -4.28. The summed E-state index contributed by atoms with van der Waals surface area (Å²) in [4.78, 5) is 22.5. The van der Waals surface area contributed by atoms with Gasteiger partial charge in [-0.25, -0.2) is 4.57 Å². The van der Waals surface area contributed by atoms with Gasteiger partial charge in [0.25, 0.3) is 0 Å². The third-order valence-corrected chi connectivity index (χ3v) is 9.90. The second-order valence-electron chi connectivity index (χ2n) is 14.2. The maximum absolute atomic E-state index is 12.6. The topological polar surface area (TPSA) is 117 Å². The average molecular weight is 780 g/mol. The summed E-state index contributed by atoms with van der Waals surface area (Å²) in [5, 5.41) is 0. The fourth-order valence-electron chi connectivity index (χ4n) is 5.75. The molecule has 0 aromatic rings. The minimum atomic E-state index is -4.28. The van der Waals surface area contributed by atoms with Crippen LogP contribution in [0.3, 0.4) is 0 Å². The first kappa shape index (κ1) is 52.2.